The van der Waals surface area contributed by atoms with E-state index >= 15 is 0 Å². The summed E-state index contributed by atoms with van der Waals surface area (Å²) in [5, 5.41) is 3.26. The summed E-state index contributed by atoms with van der Waals surface area (Å²) in [7, 11) is 1.97. The van der Waals surface area contributed by atoms with Crippen molar-refractivity contribution < 1.29 is 4.79 Å². The summed E-state index contributed by atoms with van der Waals surface area (Å²) in [6, 6.07) is 10.1. The smallest absolute Gasteiger partial charge is 0.236 e. The minimum absolute atomic E-state index is 0. The quantitative estimate of drug-likeness (QED) is 0.845. The Balaban J connectivity index is 0.00000208. The van der Waals surface area contributed by atoms with Crippen LogP contribution in [0.2, 0.25) is 0 Å². The standard InChI is InChI=1S/C17H22N4OS.ClH/c1-13(23-14-6-4-3-5-7-14)17(22)21-11-8-18-12-15(21)16-19-9-10-20(16)2;/h3-7,9-10,13,15,18H,8,11-12H2,1-2H3;1H. The summed E-state index contributed by atoms with van der Waals surface area (Å²) in [6.07, 6.45) is 3.71. The first-order valence-electron chi connectivity index (χ1n) is 7.87. The van der Waals surface area contributed by atoms with Crippen molar-refractivity contribution >= 4 is 30.1 Å². The Labute approximate surface area is 153 Å². The molecule has 0 spiro atoms. The topological polar surface area (TPSA) is 50.2 Å². The molecule has 1 aliphatic heterocycles. The molecule has 0 bridgehead atoms. The molecule has 0 saturated carbocycles. The second-order valence-corrected chi connectivity index (χ2v) is 7.14. The largest absolute Gasteiger partial charge is 0.336 e. The van der Waals surface area contributed by atoms with Crippen LogP contribution in [0.25, 0.3) is 0 Å². The number of rotatable bonds is 4. The van der Waals surface area contributed by atoms with E-state index in [4.69, 9.17) is 0 Å². The number of thioether (sulfide) groups is 1. The maximum absolute atomic E-state index is 13.0. The lowest BCUT2D eigenvalue weighted by molar-refractivity contribution is -0.133. The molecule has 1 fully saturated rings. The summed E-state index contributed by atoms with van der Waals surface area (Å²) in [5.41, 5.74) is 0. The number of aryl methyl sites for hydroxylation is 1. The van der Waals surface area contributed by atoms with E-state index in [0.29, 0.717) is 0 Å². The van der Waals surface area contributed by atoms with Crippen LogP contribution in [0.3, 0.4) is 0 Å². The van der Waals surface area contributed by atoms with Crippen LogP contribution in [0.4, 0.5) is 0 Å². The van der Waals surface area contributed by atoms with Gasteiger partial charge in [0.2, 0.25) is 5.91 Å². The van der Waals surface area contributed by atoms with Gasteiger partial charge in [-0.15, -0.1) is 24.2 Å². The van der Waals surface area contributed by atoms with Crippen LogP contribution in [0.5, 0.6) is 0 Å². The van der Waals surface area contributed by atoms with Gasteiger partial charge >= 0.3 is 0 Å². The summed E-state index contributed by atoms with van der Waals surface area (Å²) in [6.45, 7) is 4.28. The molecule has 5 nitrogen and oxygen atoms in total. The molecule has 1 aliphatic rings. The first-order chi connectivity index (χ1) is 11.2. The van der Waals surface area contributed by atoms with E-state index in [1.165, 1.54) is 0 Å². The predicted molar refractivity (Wildman–Crippen MR) is 99.5 cm³/mol. The zero-order valence-electron chi connectivity index (χ0n) is 13.9. The van der Waals surface area contributed by atoms with Gasteiger partial charge in [-0.3, -0.25) is 4.79 Å². The average Bonchev–Trinajstić information content (AvgIpc) is 3.01. The van der Waals surface area contributed by atoms with Gasteiger partial charge in [0.1, 0.15) is 11.9 Å². The van der Waals surface area contributed by atoms with Gasteiger partial charge in [-0.25, -0.2) is 4.98 Å². The Hall–Kier alpha value is -1.50. The van der Waals surface area contributed by atoms with Crippen molar-refractivity contribution in [3.05, 3.63) is 48.5 Å². The molecule has 1 N–H and O–H groups in total. The van der Waals surface area contributed by atoms with Gasteiger partial charge in [-0.1, -0.05) is 18.2 Å². The molecule has 2 aromatic rings. The van der Waals surface area contributed by atoms with E-state index in [0.717, 1.165) is 30.4 Å². The van der Waals surface area contributed by atoms with Gasteiger partial charge < -0.3 is 14.8 Å². The number of aromatic nitrogens is 2. The number of nitrogens with one attached hydrogen (secondary N) is 1. The number of hydrogen-bond donors (Lipinski definition) is 1. The summed E-state index contributed by atoms with van der Waals surface area (Å²) < 4.78 is 1.99. The number of carbonyl (C=O) groups excluding carboxylic acids is 1. The second kappa shape index (κ2) is 8.55. The maximum atomic E-state index is 13.0. The second-order valence-electron chi connectivity index (χ2n) is 5.72. The fourth-order valence-corrected chi connectivity index (χ4v) is 3.84. The van der Waals surface area contributed by atoms with Crippen molar-refractivity contribution in [1.29, 1.82) is 0 Å². The molecule has 24 heavy (non-hydrogen) atoms. The molecule has 2 atom stereocenters. The third-order valence-electron chi connectivity index (χ3n) is 4.09. The molecule has 0 radical (unpaired) electrons. The lowest BCUT2D eigenvalue weighted by Crippen LogP contribution is -2.51. The molecule has 2 unspecified atom stereocenters. The predicted octanol–water partition coefficient (Wildman–Crippen LogP) is 2.50. The molecule has 130 valence electrons. The number of carbonyl (C=O) groups is 1. The monoisotopic (exact) mass is 366 g/mol. The number of benzene rings is 1. The first kappa shape index (κ1) is 18.8. The Kier molecular flexibility index (Phi) is 6.71. The minimum Gasteiger partial charge on any atom is -0.336 e. The minimum atomic E-state index is -0.113. The zero-order chi connectivity index (χ0) is 16.2. The van der Waals surface area contributed by atoms with E-state index < -0.39 is 0 Å². The summed E-state index contributed by atoms with van der Waals surface area (Å²) in [5.74, 6) is 1.11. The Bertz CT molecular complexity index is 664. The zero-order valence-corrected chi connectivity index (χ0v) is 15.5. The first-order valence-corrected chi connectivity index (χ1v) is 8.75. The van der Waals surface area contributed by atoms with Crippen LogP contribution in [-0.2, 0) is 11.8 Å². The van der Waals surface area contributed by atoms with E-state index in [2.05, 4.69) is 10.3 Å². The Morgan fingerprint density at radius 2 is 2.12 bits per heavy atom. The van der Waals surface area contributed by atoms with Crippen molar-refractivity contribution in [3.8, 4) is 0 Å². The van der Waals surface area contributed by atoms with Crippen molar-refractivity contribution in [3.63, 3.8) is 0 Å². The summed E-state index contributed by atoms with van der Waals surface area (Å²) >= 11 is 1.61. The highest BCUT2D eigenvalue weighted by atomic mass is 35.5. The molecule has 1 aromatic heterocycles. The molecule has 2 heterocycles. The van der Waals surface area contributed by atoms with Gasteiger partial charge in [0.25, 0.3) is 0 Å². The molecule has 1 amide bonds. The van der Waals surface area contributed by atoms with Crippen LogP contribution in [0.15, 0.2) is 47.6 Å². The van der Waals surface area contributed by atoms with Crippen LogP contribution >= 0.6 is 24.2 Å². The lowest BCUT2D eigenvalue weighted by Gasteiger charge is -2.37. The Morgan fingerprint density at radius 1 is 1.38 bits per heavy atom. The van der Waals surface area contributed by atoms with Gasteiger partial charge in [-0.2, -0.15) is 0 Å². The van der Waals surface area contributed by atoms with E-state index in [1.807, 2.05) is 60.0 Å². The van der Waals surface area contributed by atoms with E-state index in [9.17, 15) is 4.79 Å². The van der Waals surface area contributed by atoms with Gasteiger partial charge in [-0.05, 0) is 19.1 Å². The van der Waals surface area contributed by atoms with Crippen LogP contribution in [0.1, 0.15) is 18.8 Å². The number of imidazole rings is 1. The molecule has 7 heteroatoms. The molecule has 3 rings (SSSR count). The SMILES string of the molecule is CC(Sc1ccccc1)C(=O)N1CCNCC1c1nccn1C.Cl. The van der Waals surface area contributed by atoms with Gasteiger partial charge in [0.05, 0.1) is 5.25 Å². The molecular weight excluding hydrogens is 344 g/mol. The maximum Gasteiger partial charge on any atom is 0.236 e. The number of piperazine rings is 1. The number of hydrogen-bond acceptors (Lipinski definition) is 4. The van der Waals surface area contributed by atoms with Crippen molar-refractivity contribution in [2.75, 3.05) is 19.6 Å². The lowest BCUT2D eigenvalue weighted by atomic mass is 10.1. The van der Waals surface area contributed by atoms with Gasteiger partial charge in [0, 0.05) is 44.0 Å². The third kappa shape index (κ3) is 4.12. The highest BCUT2D eigenvalue weighted by molar-refractivity contribution is 8.00. The highest BCUT2D eigenvalue weighted by Gasteiger charge is 2.32. The van der Waals surface area contributed by atoms with Crippen molar-refractivity contribution in [2.45, 2.75) is 23.1 Å². The number of nitrogens with zero attached hydrogens (tertiary/aromatic N) is 3. The van der Waals surface area contributed by atoms with Crippen molar-refractivity contribution in [2.24, 2.45) is 7.05 Å². The van der Waals surface area contributed by atoms with E-state index in [-0.39, 0.29) is 29.6 Å². The fourth-order valence-electron chi connectivity index (χ4n) is 2.88. The van der Waals surface area contributed by atoms with Crippen LogP contribution in [0, 0.1) is 0 Å². The average molecular weight is 367 g/mol. The molecule has 1 aromatic carbocycles. The normalized spacial score (nSPS) is 18.8. The number of halogens is 1. The molecular formula is C17H23ClN4OS. The summed E-state index contributed by atoms with van der Waals surface area (Å²) in [4.78, 5) is 20.5. The highest BCUT2D eigenvalue weighted by Crippen LogP contribution is 2.28. The van der Waals surface area contributed by atoms with Crippen LogP contribution in [-0.4, -0.2) is 45.2 Å². The fraction of sp³-hybridized carbons (Fsp3) is 0.412. The molecule has 1 saturated heterocycles. The van der Waals surface area contributed by atoms with E-state index in [1.54, 1.807) is 18.0 Å². The van der Waals surface area contributed by atoms with Gasteiger partial charge in [0.15, 0.2) is 0 Å². The molecule has 0 aliphatic carbocycles. The number of amides is 1. The third-order valence-corrected chi connectivity index (χ3v) is 5.19. The van der Waals surface area contributed by atoms with Crippen molar-refractivity contribution in [1.82, 2.24) is 19.8 Å². The van der Waals surface area contributed by atoms with Crippen LogP contribution < -0.4 is 5.32 Å². The Morgan fingerprint density at radius 3 is 2.79 bits per heavy atom.